The molecule has 0 bridgehead atoms. The fourth-order valence-electron chi connectivity index (χ4n) is 3.25. The number of ether oxygens (including phenoxy) is 1. The van der Waals surface area contributed by atoms with Gasteiger partial charge in [0, 0.05) is 12.1 Å². The molecule has 3 rings (SSSR count). The van der Waals surface area contributed by atoms with Gasteiger partial charge in [-0.25, -0.2) is 4.98 Å². The van der Waals surface area contributed by atoms with Crippen molar-refractivity contribution < 1.29 is 4.74 Å². The lowest BCUT2D eigenvalue weighted by Gasteiger charge is -2.35. The Morgan fingerprint density at radius 1 is 1.30 bits per heavy atom. The molecule has 0 atom stereocenters. The summed E-state index contributed by atoms with van der Waals surface area (Å²) in [6, 6.07) is 6.47. The topological polar surface area (TPSA) is 53.1 Å². The molecule has 1 aliphatic carbocycles. The maximum absolute atomic E-state index is 6.15. The molecule has 1 aromatic heterocycles. The number of hydrogen-bond donors (Lipinski definition) is 1. The summed E-state index contributed by atoms with van der Waals surface area (Å²) in [7, 11) is 1.67. The van der Waals surface area contributed by atoms with E-state index in [0.29, 0.717) is 17.4 Å². The Morgan fingerprint density at radius 3 is 2.65 bits per heavy atom. The monoisotopic (exact) mass is 273 g/mol. The molecular formula is C16H23N3O. The van der Waals surface area contributed by atoms with Crippen molar-refractivity contribution in [3.05, 3.63) is 18.2 Å². The third-order valence-corrected chi connectivity index (χ3v) is 4.60. The zero-order valence-corrected chi connectivity index (χ0v) is 12.5. The fraction of sp³-hybridized carbons (Fsp3) is 0.562. The second-order valence-corrected chi connectivity index (χ2v) is 6.59. The van der Waals surface area contributed by atoms with Gasteiger partial charge in [-0.3, -0.25) is 0 Å². The maximum atomic E-state index is 6.15. The minimum atomic E-state index is 0.463. The first-order chi connectivity index (χ1) is 9.50. The smallest absolute Gasteiger partial charge is 0.201 e. The predicted octanol–water partition coefficient (Wildman–Crippen LogP) is 3.77. The Bertz CT molecular complexity index is 620. The lowest BCUT2D eigenvalue weighted by molar-refractivity contribution is 0.197. The van der Waals surface area contributed by atoms with Crippen LogP contribution in [0.3, 0.4) is 0 Å². The highest BCUT2D eigenvalue weighted by Gasteiger charge is 2.29. The molecule has 1 heterocycles. The number of nitrogen functional groups attached to an aromatic ring is 1. The molecule has 1 aliphatic rings. The normalized spacial score (nSPS) is 19.4. The van der Waals surface area contributed by atoms with E-state index in [9.17, 15) is 0 Å². The van der Waals surface area contributed by atoms with E-state index in [1.165, 1.54) is 25.7 Å². The molecule has 0 spiro atoms. The standard InChI is InChI=1S/C16H23N3O/c1-16(2)8-6-11(7-9-16)19-14-5-4-12(20-3)10-13(14)18-15(19)17/h4-5,10-11H,6-9H2,1-3H3,(H2,17,18). The van der Waals surface area contributed by atoms with Crippen molar-refractivity contribution in [2.45, 2.75) is 45.6 Å². The number of fused-ring (bicyclic) bond motifs is 1. The quantitative estimate of drug-likeness (QED) is 0.906. The molecule has 0 unspecified atom stereocenters. The number of benzene rings is 1. The number of rotatable bonds is 2. The number of aromatic nitrogens is 2. The van der Waals surface area contributed by atoms with Crippen molar-refractivity contribution in [2.24, 2.45) is 5.41 Å². The molecule has 1 saturated carbocycles. The first-order valence-electron chi connectivity index (χ1n) is 7.32. The van der Waals surface area contributed by atoms with Crippen LogP contribution in [-0.2, 0) is 0 Å². The number of nitrogens with zero attached hydrogens (tertiary/aromatic N) is 2. The summed E-state index contributed by atoms with van der Waals surface area (Å²) in [5, 5.41) is 0. The highest BCUT2D eigenvalue weighted by atomic mass is 16.5. The number of imidazole rings is 1. The lowest BCUT2D eigenvalue weighted by Crippen LogP contribution is -2.24. The molecule has 20 heavy (non-hydrogen) atoms. The SMILES string of the molecule is COc1ccc2c(c1)nc(N)n2C1CCC(C)(C)CC1. The van der Waals surface area contributed by atoms with Crippen LogP contribution in [0.4, 0.5) is 5.95 Å². The second kappa shape index (κ2) is 4.69. The van der Waals surface area contributed by atoms with Crippen LogP contribution in [0, 0.1) is 5.41 Å². The number of hydrogen-bond acceptors (Lipinski definition) is 3. The van der Waals surface area contributed by atoms with Crippen molar-refractivity contribution in [3.63, 3.8) is 0 Å². The number of methoxy groups -OCH3 is 1. The van der Waals surface area contributed by atoms with Crippen LogP contribution in [0.15, 0.2) is 18.2 Å². The Morgan fingerprint density at radius 2 is 2.00 bits per heavy atom. The number of anilines is 1. The van der Waals surface area contributed by atoms with Gasteiger partial charge in [-0.2, -0.15) is 0 Å². The average molecular weight is 273 g/mol. The minimum absolute atomic E-state index is 0.463. The summed E-state index contributed by atoms with van der Waals surface area (Å²) >= 11 is 0. The lowest BCUT2D eigenvalue weighted by atomic mass is 9.75. The highest BCUT2D eigenvalue weighted by Crippen LogP contribution is 2.42. The van der Waals surface area contributed by atoms with Crippen LogP contribution in [0.1, 0.15) is 45.6 Å². The molecule has 1 aromatic carbocycles. The molecule has 4 heteroatoms. The van der Waals surface area contributed by atoms with Gasteiger partial charge in [0.25, 0.3) is 0 Å². The van der Waals surface area contributed by atoms with Crippen molar-refractivity contribution in [2.75, 3.05) is 12.8 Å². The van der Waals surface area contributed by atoms with E-state index >= 15 is 0 Å². The zero-order valence-electron chi connectivity index (χ0n) is 12.5. The first kappa shape index (κ1) is 13.3. The van der Waals surface area contributed by atoms with Crippen molar-refractivity contribution in [1.82, 2.24) is 9.55 Å². The predicted molar refractivity (Wildman–Crippen MR) is 82.0 cm³/mol. The van der Waals surface area contributed by atoms with E-state index in [4.69, 9.17) is 10.5 Å². The van der Waals surface area contributed by atoms with Gasteiger partial charge in [0.1, 0.15) is 5.75 Å². The molecule has 0 amide bonds. The van der Waals surface area contributed by atoms with Gasteiger partial charge >= 0.3 is 0 Å². The van der Waals surface area contributed by atoms with Gasteiger partial charge in [-0.15, -0.1) is 0 Å². The summed E-state index contributed by atoms with van der Waals surface area (Å²) in [5.41, 5.74) is 8.66. The Kier molecular flexibility index (Phi) is 3.11. The number of nitrogens with two attached hydrogens (primary N) is 1. The van der Waals surface area contributed by atoms with Crippen LogP contribution in [0.2, 0.25) is 0 Å². The second-order valence-electron chi connectivity index (χ2n) is 6.59. The summed E-state index contributed by atoms with van der Waals surface area (Å²) in [4.78, 5) is 4.49. The highest BCUT2D eigenvalue weighted by molar-refractivity contribution is 5.80. The van der Waals surface area contributed by atoms with E-state index < -0.39 is 0 Å². The third kappa shape index (κ3) is 2.23. The zero-order chi connectivity index (χ0) is 14.3. The maximum Gasteiger partial charge on any atom is 0.201 e. The van der Waals surface area contributed by atoms with Crippen molar-refractivity contribution in [3.8, 4) is 5.75 Å². The van der Waals surface area contributed by atoms with Crippen LogP contribution < -0.4 is 10.5 Å². The molecule has 1 fully saturated rings. The van der Waals surface area contributed by atoms with Gasteiger partial charge in [0.15, 0.2) is 0 Å². The molecule has 0 saturated heterocycles. The van der Waals surface area contributed by atoms with Gasteiger partial charge in [0.2, 0.25) is 5.95 Å². The molecule has 0 radical (unpaired) electrons. The van der Waals surface area contributed by atoms with Gasteiger partial charge in [-0.05, 0) is 43.2 Å². The Hall–Kier alpha value is -1.71. The molecule has 4 nitrogen and oxygen atoms in total. The summed E-state index contributed by atoms with van der Waals surface area (Å²) in [6.07, 6.45) is 4.84. The largest absolute Gasteiger partial charge is 0.497 e. The Balaban J connectivity index is 1.97. The van der Waals surface area contributed by atoms with E-state index in [2.05, 4.69) is 29.5 Å². The molecule has 0 aliphatic heterocycles. The first-order valence-corrected chi connectivity index (χ1v) is 7.32. The fourth-order valence-corrected chi connectivity index (χ4v) is 3.25. The van der Waals surface area contributed by atoms with E-state index in [-0.39, 0.29) is 0 Å². The Labute approximate surface area is 119 Å². The van der Waals surface area contributed by atoms with Crippen molar-refractivity contribution in [1.29, 1.82) is 0 Å². The third-order valence-electron chi connectivity index (χ3n) is 4.60. The molecule has 2 aromatic rings. The van der Waals surface area contributed by atoms with Crippen LogP contribution >= 0.6 is 0 Å². The van der Waals surface area contributed by atoms with Crippen LogP contribution in [0.25, 0.3) is 11.0 Å². The molecule has 108 valence electrons. The van der Waals surface area contributed by atoms with Gasteiger partial charge in [-0.1, -0.05) is 13.8 Å². The van der Waals surface area contributed by atoms with E-state index in [1.807, 2.05) is 12.1 Å². The van der Waals surface area contributed by atoms with Crippen molar-refractivity contribution >= 4 is 17.0 Å². The van der Waals surface area contributed by atoms with E-state index in [1.54, 1.807) is 7.11 Å². The summed E-state index contributed by atoms with van der Waals surface area (Å²) in [6.45, 7) is 4.70. The average Bonchev–Trinajstić information content (AvgIpc) is 2.74. The minimum Gasteiger partial charge on any atom is -0.497 e. The summed E-state index contributed by atoms with van der Waals surface area (Å²) < 4.78 is 7.47. The van der Waals surface area contributed by atoms with E-state index in [0.717, 1.165) is 16.8 Å². The molecule has 2 N–H and O–H groups in total. The molecular weight excluding hydrogens is 250 g/mol. The summed E-state index contributed by atoms with van der Waals surface area (Å²) in [5.74, 6) is 1.45. The van der Waals surface area contributed by atoms with Crippen LogP contribution in [-0.4, -0.2) is 16.7 Å². The van der Waals surface area contributed by atoms with Gasteiger partial charge in [0.05, 0.1) is 18.1 Å². The van der Waals surface area contributed by atoms with Crippen LogP contribution in [0.5, 0.6) is 5.75 Å². The van der Waals surface area contributed by atoms with Gasteiger partial charge < -0.3 is 15.0 Å².